The van der Waals surface area contributed by atoms with E-state index in [9.17, 15) is 4.79 Å². The van der Waals surface area contributed by atoms with Crippen LogP contribution in [0.2, 0.25) is 5.02 Å². The molecular formula is C19H17ClN2O. The highest BCUT2D eigenvalue weighted by Gasteiger charge is 2.24. The molecule has 1 fully saturated rings. The number of halogens is 1. The monoisotopic (exact) mass is 324 g/mol. The van der Waals surface area contributed by atoms with Crippen molar-refractivity contribution in [1.82, 2.24) is 0 Å². The maximum absolute atomic E-state index is 11.7. The number of anilines is 2. The molecule has 0 radical (unpaired) electrons. The van der Waals surface area contributed by atoms with E-state index >= 15 is 0 Å². The van der Waals surface area contributed by atoms with Gasteiger partial charge in [-0.3, -0.25) is 4.79 Å². The van der Waals surface area contributed by atoms with Gasteiger partial charge in [0.1, 0.15) is 0 Å². The standard InChI is InChI=1S/C19H17ClN2O/c1-12-15-10-16(17(20)11-18(15)21-19(12)23)13-4-6-14(7-5-13)22-8-2-3-9-22/h4-7,10-11H,1-3,8-9H2,(H,21,23). The van der Waals surface area contributed by atoms with Crippen molar-refractivity contribution in [3.8, 4) is 11.1 Å². The molecular weight excluding hydrogens is 308 g/mol. The highest BCUT2D eigenvalue weighted by molar-refractivity contribution is 6.36. The zero-order valence-corrected chi connectivity index (χ0v) is 13.5. The number of carbonyl (C=O) groups is 1. The SMILES string of the molecule is C=C1C(=O)Nc2cc(Cl)c(-c3ccc(N4CCCC4)cc3)cc21. The Bertz CT molecular complexity index is 805. The molecule has 2 aliphatic heterocycles. The van der Waals surface area contributed by atoms with Crippen LogP contribution in [0.5, 0.6) is 0 Å². The first-order valence-corrected chi connectivity index (χ1v) is 8.21. The van der Waals surface area contributed by atoms with Crippen molar-refractivity contribution in [2.75, 3.05) is 23.3 Å². The van der Waals surface area contributed by atoms with Gasteiger partial charge in [0.2, 0.25) is 0 Å². The largest absolute Gasteiger partial charge is 0.372 e. The maximum Gasteiger partial charge on any atom is 0.255 e. The number of nitrogens with one attached hydrogen (secondary N) is 1. The fourth-order valence-electron chi connectivity index (χ4n) is 3.29. The van der Waals surface area contributed by atoms with Crippen LogP contribution in [0.15, 0.2) is 43.0 Å². The predicted molar refractivity (Wildman–Crippen MR) is 96.0 cm³/mol. The number of benzene rings is 2. The van der Waals surface area contributed by atoms with Gasteiger partial charge in [-0.2, -0.15) is 0 Å². The number of hydrogen-bond acceptors (Lipinski definition) is 2. The Kier molecular flexibility index (Phi) is 3.38. The predicted octanol–water partition coefficient (Wildman–Crippen LogP) is 4.57. The molecule has 0 saturated carbocycles. The van der Waals surface area contributed by atoms with Gasteiger partial charge < -0.3 is 10.2 Å². The van der Waals surface area contributed by atoms with Crippen molar-refractivity contribution in [3.05, 3.63) is 53.6 Å². The summed E-state index contributed by atoms with van der Waals surface area (Å²) in [7, 11) is 0. The fourth-order valence-corrected chi connectivity index (χ4v) is 3.57. The molecule has 0 bridgehead atoms. The molecule has 4 rings (SSSR count). The van der Waals surface area contributed by atoms with Crippen LogP contribution in [0.25, 0.3) is 16.7 Å². The lowest BCUT2D eigenvalue weighted by atomic mass is 9.99. The Morgan fingerprint density at radius 3 is 2.43 bits per heavy atom. The van der Waals surface area contributed by atoms with Gasteiger partial charge in [-0.05, 0) is 42.7 Å². The van der Waals surface area contributed by atoms with Crippen LogP contribution in [0.3, 0.4) is 0 Å². The Morgan fingerprint density at radius 2 is 1.74 bits per heavy atom. The van der Waals surface area contributed by atoms with Gasteiger partial charge in [0.15, 0.2) is 0 Å². The van der Waals surface area contributed by atoms with Crippen LogP contribution < -0.4 is 10.2 Å². The minimum absolute atomic E-state index is 0.155. The Morgan fingerprint density at radius 1 is 1.04 bits per heavy atom. The van der Waals surface area contributed by atoms with E-state index in [-0.39, 0.29) is 5.91 Å². The highest BCUT2D eigenvalue weighted by Crippen LogP contribution is 2.39. The van der Waals surface area contributed by atoms with Crippen molar-refractivity contribution in [3.63, 3.8) is 0 Å². The second-order valence-corrected chi connectivity index (χ2v) is 6.46. The quantitative estimate of drug-likeness (QED) is 0.820. The van der Waals surface area contributed by atoms with E-state index in [2.05, 4.69) is 41.1 Å². The van der Waals surface area contributed by atoms with Crippen LogP contribution >= 0.6 is 11.6 Å². The Balaban J connectivity index is 1.71. The molecule has 116 valence electrons. The lowest BCUT2D eigenvalue weighted by molar-refractivity contribution is -0.110. The summed E-state index contributed by atoms with van der Waals surface area (Å²) in [5.41, 5.74) is 5.29. The van der Waals surface area contributed by atoms with E-state index < -0.39 is 0 Å². The number of nitrogens with zero attached hydrogens (tertiary/aromatic N) is 1. The molecule has 2 heterocycles. The highest BCUT2D eigenvalue weighted by atomic mass is 35.5. The molecule has 1 saturated heterocycles. The van der Waals surface area contributed by atoms with E-state index in [1.165, 1.54) is 18.5 Å². The molecule has 3 nitrogen and oxygen atoms in total. The molecule has 4 heteroatoms. The molecule has 2 aromatic carbocycles. The molecule has 1 N–H and O–H groups in total. The van der Waals surface area contributed by atoms with Crippen molar-refractivity contribution in [1.29, 1.82) is 0 Å². The van der Waals surface area contributed by atoms with Gasteiger partial charge in [-0.15, -0.1) is 0 Å². The third-order valence-corrected chi connectivity index (χ3v) is 4.92. The number of fused-ring (bicyclic) bond motifs is 1. The number of rotatable bonds is 2. The van der Waals surface area contributed by atoms with Gasteiger partial charge in [0.25, 0.3) is 5.91 Å². The minimum atomic E-state index is -0.155. The van der Waals surface area contributed by atoms with Crippen LogP contribution in [0.4, 0.5) is 11.4 Å². The maximum atomic E-state index is 11.7. The van der Waals surface area contributed by atoms with Gasteiger partial charge >= 0.3 is 0 Å². The molecule has 0 atom stereocenters. The van der Waals surface area contributed by atoms with Gasteiger partial charge in [-0.1, -0.05) is 30.3 Å². The van der Waals surface area contributed by atoms with Crippen molar-refractivity contribution < 1.29 is 4.79 Å². The summed E-state index contributed by atoms with van der Waals surface area (Å²) in [5.74, 6) is -0.155. The molecule has 0 unspecified atom stereocenters. The van der Waals surface area contributed by atoms with Crippen LogP contribution in [0, 0.1) is 0 Å². The van der Waals surface area contributed by atoms with Crippen LogP contribution in [-0.2, 0) is 4.79 Å². The molecule has 2 aromatic rings. The smallest absolute Gasteiger partial charge is 0.255 e. The van der Waals surface area contributed by atoms with Gasteiger partial charge in [0.05, 0.1) is 10.7 Å². The number of hydrogen-bond donors (Lipinski definition) is 1. The van der Waals surface area contributed by atoms with E-state index in [0.29, 0.717) is 10.6 Å². The first-order chi connectivity index (χ1) is 11.1. The summed E-state index contributed by atoms with van der Waals surface area (Å²) in [4.78, 5) is 14.1. The van der Waals surface area contributed by atoms with E-state index in [0.717, 1.165) is 35.5 Å². The molecule has 2 aliphatic rings. The van der Waals surface area contributed by atoms with Crippen molar-refractivity contribution in [2.24, 2.45) is 0 Å². The summed E-state index contributed by atoms with van der Waals surface area (Å²) in [6.45, 7) is 6.11. The van der Waals surface area contributed by atoms with Crippen LogP contribution in [0.1, 0.15) is 18.4 Å². The molecule has 0 spiro atoms. The summed E-state index contributed by atoms with van der Waals surface area (Å²) in [6.07, 6.45) is 2.53. The summed E-state index contributed by atoms with van der Waals surface area (Å²) < 4.78 is 0. The number of amides is 1. The number of carbonyl (C=O) groups excluding carboxylic acids is 1. The van der Waals surface area contributed by atoms with Gasteiger partial charge in [-0.25, -0.2) is 0 Å². The van der Waals surface area contributed by atoms with E-state index in [4.69, 9.17) is 11.6 Å². The van der Waals surface area contributed by atoms with E-state index in [1.54, 1.807) is 6.07 Å². The van der Waals surface area contributed by atoms with E-state index in [1.807, 2.05) is 6.07 Å². The lowest BCUT2D eigenvalue weighted by Crippen LogP contribution is -2.17. The summed E-state index contributed by atoms with van der Waals surface area (Å²) >= 11 is 6.41. The van der Waals surface area contributed by atoms with Crippen molar-refractivity contribution in [2.45, 2.75) is 12.8 Å². The third kappa shape index (κ3) is 2.41. The second-order valence-electron chi connectivity index (χ2n) is 6.05. The zero-order valence-electron chi connectivity index (χ0n) is 12.7. The fraction of sp³-hybridized carbons (Fsp3) is 0.211. The average molecular weight is 325 g/mol. The molecule has 23 heavy (non-hydrogen) atoms. The zero-order chi connectivity index (χ0) is 16.0. The lowest BCUT2D eigenvalue weighted by Gasteiger charge is -2.18. The molecule has 0 aromatic heterocycles. The molecule has 0 aliphatic carbocycles. The Hall–Kier alpha value is -2.26. The van der Waals surface area contributed by atoms with Crippen LogP contribution in [-0.4, -0.2) is 19.0 Å². The summed E-state index contributed by atoms with van der Waals surface area (Å²) in [5, 5.41) is 3.42. The topological polar surface area (TPSA) is 32.3 Å². The third-order valence-electron chi connectivity index (χ3n) is 4.60. The first-order valence-electron chi connectivity index (χ1n) is 7.83. The minimum Gasteiger partial charge on any atom is -0.372 e. The van der Waals surface area contributed by atoms with Gasteiger partial charge in [0, 0.05) is 35.5 Å². The van der Waals surface area contributed by atoms with Crippen molar-refractivity contribution >= 4 is 34.5 Å². The second kappa shape index (κ2) is 5.43. The summed E-state index contributed by atoms with van der Waals surface area (Å²) in [6, 6.07) is 12.2. The first kappa shape index (κ1) is 14.3. The Labute approximate surface area is 140 Å². The normalized spacial score (nSPS) is 16.7. The average Bonchev–Trinajstić information content (AvgIpc) is 3.17. The molecule has 1 amide bonds.